The maximum Gasteiger partial charge on any atom is 0.408 e. The van der Waals surface area contributed by atoms with E-state index in [9.17, 15) is 4.79 Å². The third kappa shape index (κ3) is 6.32. The second-order valence-corrected chi connectivity index (χ2v) is 8.12. The van der Waals surface area contributed by atoms with E-state index in [2.05, 4.69) is 34.5 Å². The molecule has 32 heavy (non-hydrogen) atoms. The average Bonchev–Trinajstić information content (AvgIpc) is 2.85. The Morgan fingerprint density at radius 3 is 1.97 bits per heavy atom. The molecule has 0 saturated carbocycles. The predicted octanol–water partition coefficient (Wildman–Crippen LogP) is 5.68. The molecule has 1 saturated heterocycles. The van der Waals surface area contributed by atoms with E-state index in [-0.39, 0.29) is 18.2 Å². The summed E-state index contributed by atoms with van der Waals surface area (Å²) < 4.78 is 5.79. The number of hydrogen-bond donors (Lipinski definition) is 1. The molecular weight excluding hydrogens is 396 g/mol. The first-order valence-electron chi connectivity index (χ1n) is 11.3. The van der Waals surface area contributed by atoms with Crippen LogP contribution in [0.25, 0.3) is 6.08 Å². The Hall–Kier alpha value is -3.37. The fraction of sp³-hybridized carbons (Fsp3) is 0.250. The quantitative estimate of drug-likeness (QED) is 0.528. The Morgan fingerprint density at radius 1 is 0.875 bits per heavy atom. The minimum atomic E-state index is -0.356. The van der Waals surface area contributed by atoms with E-state index in [1.807, 2.05) is 78.9 Å². The zero-order chi connectivity index (χ0) is 22.0. The van der Waals surface area contributed by atoms with Gasteiger partial charge in [0.15, 0.2) is 0 Å². The fourth-order valence-corrected chi connectivity index (χ4v) is 4.07. The van der Waals surface area contributed by atoms with Crippen LogP contribution in [0, 0.1) is 0 Å². The molecule has 4 heteroatoms. The number of amides is 1. The topological polar surface area (TPSA) is 41.6 Å². The number of carbonyl (C=O) groups excluding carboxylic acids is 1. The SMILES string of the molecule is O=C(NC(c1ccccc1)c1ccccc1)OC1CCN(CC=Cc2ccccc2)CC1. The lowest BCUT2D eigenvalue weighted by atomic mass is 9.99. The Labute approximate surface area is 190 Å². The summed E-state index contributed by atoms with van der Waals surface area (Å²) in [6.45, 7) is 2.77. The van der Waals surface area contributed by atoms with Crippen LogP contribution in [0.3, 0.4) is 0 Å². The van der Waals surface area contributed by atoms with Crippen LogP contribution in [-0.2, 0) is 4.74 Å². The highest BCUT2D eigenvalue weighted by molar-refractivity contribution is 5.69. The lowest BCUT2D eigenvalue weighted by Crippen LogP contribution is -2.40. The van der Waals surface area contributed by atoms with Gasteiger partial charge in [0.1, 0.15) is 6.10 Å². The van der Waals surface area contributed by atoms with Crippen LogP contribution < -0.4 is 5.32 Å². The first kappa shape index (κ1) is 21.8. The lowest BCUT2D eigenvalue weighted by molar-refractivity contribution is 0.0526. The zero-order valence-electron chi connectivity index (χ0n) is 18.3. The normalized spacial score (nSPS) is 15.2. The molecule has 0 unspecified atom stereocenters. The van der Waals surface area contributed by atoms with Gasteiger partial charge in [0.05, 0.1) is 6.04 Å². The van der Waals surface area contributed by atoms with Crippen LogP contribution >= 0.6 is 0 Å². The second-order valence-electron chi connectivity index (χ2n) is 8.12. The number of hydrogen-bond acceptors (Lipinski definition) is 3. The molecular formula is C28H30N2O2. The summed E-state index contributed by atoms with van der Waals surface area (Å²) in [5.41, 5.74) is 3.29. The number of alkyl carbamates (subject to hydrolysis) is 1. The van der Waals surface area contributed by atoms with Gasteiger partial charge in [0.25, 0.3) is 0 Å². The average molecular weight is 427 g/mol. The number of rotatable bonds is 7. The molecule has 3 aromatic carbocycles. The maximum absolute atomic E-state index is 12.7. The number of carbonyl (C=O) groups is 1. The van der Waals surface area contributed by atoms with E-state index in [1.165, 1.54) is 5.56 Å². The third-order valence-electron chi connectivity index (χ3n) is 5.81. The van der Waals surface area contributed by atoms with Gasteiger partial charge < -0.3 is 10.1 Å². The summed E-state index contributed by atoms with van der Waals surface area (Å²) in [5.74, 6) is 0. The van der Waals surface area contributed by atoms with Crippen LogP contribution in [0.4, 0.5) is 4.79 Å². The van der Waals surface area contributed by atoms with Gasteiger partial charge in [0.2, 0.25) is 0 Å². The van der Waals surface area contributed by atoms with E-state index < -0.39 is 0 Å². The van der Waals surface area contributed by atoms with Crippen LogP contribution in [0.1, 0.15) is 35.6 Å². The maximum atomic E-state index is 12.7. The second kappa shape index (κ2) is 11.3. The summed E-state index contributed by atoms with van der Waals surface area (Å²) in [7, 11) is 0. The van der Waals surface area contributed by atoms with Crippen LogP contribution in [0.5, 0.6) is 0 Å². The van der Waals surface area contributed by atoms with Gasteiger partial charge in [-0.15, -0.1) is 0 Å². The van der Waals surface area contributed by atoms with Gasteiger partial charge in [-0.1, -0.05) is 103 Å². The molecule has 0 aliphatic carbocycles. The number of likely N-dealkylation sites (tertiary alicyclic amines) is 1. The van der Waals surface area contributed by atoms with Gasteiger partial charge in [-0.2, -0.15) is 0 Å². The van der Waals surface area contributed by atoms with Crippen molar-refractivity contribution in [3.05, 3.63) is 114 Å². The van der Waals surface area contributed by atoms with Crippen molar-refractivity contribution in [2.24, 2.45) is 0 Å². The van der Waals surface area contributed by atoms with E-state index >= 15 is 0 Å². The summed E-state index contributed by atoms with van der Waals surface area (Å²) in [5, 5.41) is 3.07. The smallest absolute Gasteiger partial charge is 0.408 e. The van der Waals surface area contributed by atoms with Gasteiger partial charge in [-0.3, -0.25) is 4.90 Å². The highest BCUT2D eigenvalue weighted by atomic mass is 16.6. The Balaban J connectivity index is 1.27. The number of benzene rings is 3. The molecule has 0 atom stereocenters. The summed E-state index contributed by atoms with van der Waals surface area (Å²) in [4.78, 5) is 15.1. The number of nitrogens with one attached hydrogen (secondary N) is 1. The largest absolute Gasteiger partial charge is 0.446 e. The van der Waals surface area contributed by atoms with Gasteiger partial charge in [-0.25, -0.2) is 4.79 Å². The zero-order valence-corrected chi connectivity index (χ0v) is 18.3. The van der Waals surface area contributed by atoms with Gasteiger partial charge in [-0.05, 0) is 29.5 Å². The Bertz CT molecular complexity index is 942. The predicted molar refractivity (Wildman–Crippen MR) is 129 cm³/mol. The minimum Gasteiger partial charge on any atom is -0.446 e. The van der Waals surface area contributed by atoms with Crippen molar-refractivity contribution in [3.8, 4) is 0 Å². The van der Waals surface area contributed by atoms with E-state index in [1.54, 1.807) is 0 Å². The molecule has 4 rings (SSSR count). The van der Waals surface area contributed by atoms with E-state index in [4.69, 9.17) is 4.74 Å². The molecule has 0 spiro atoms. The molecule has 1 amide bonds. The van der Waals surface area contributed by atoms with E-state index in [0.29, 0.717) is 0 Å². The molecule has 0 bridgehead atoms. The molecule has 1 aliphatic heterocycles. The van der Waals surface area contributed by atoms with Gasteiger partial charge in [0, 0.05) is 19.6 Å². The minimum absolute atomic E-state index is 0.0449. The highest BCUT2D eigenvalue weighted by Gasteiger charge is 2.24. The van der Waals surface area contributed by atoms with Crippen molar-refractivity contribution in [1.82, 2.24) is 10.2 Å². The van der Waals surface area contributed by atoms with Crippen molar-refractivity contribution < 1.29 is 9.53 Å². The highest BCUT2D eigenvalue weighted by Crippen LogP contribution is 2.22. The number of nitrogens with zero attached hydrogens (tertiary/aromatic N) is 1. The fourth-order valence-electron chi connectivity index (χ4n) is 4.07. The molecule has 164 valence electrons. The molecule has 1 N–H and O–H groups in total. The van der Waals surface area contributed by atoms with Crippen molar-refractivity contribution in [3.63, 3.8) is 0 Å². The molecule has 3 aromatic rings. The third-order valence-corrected chi connectivity index (χ3v) is 5.81. The standard InChI is InChI=1S/C28H30N2O2/c31-28(29-27(24-14-6-2-7-15-24)25-16-8-3-9-17-25)32-26-18-21-30(22-19-26)20-10-13-23-11-4-1-5-12-23/h1-17,26-27H,18-22H2,(H,29,31). The van der Waals surface area contributed by atoms with Crippen molar-refractivity contribution in [1.29, 1.82) is 0 Å². The molecule has 0 aromatic heterocycles. The Morgan fingerprint density at radius 2 is 1.41 bits per heavy atom. The first-order valence-corrected chi connectivity index (χ1v) is 11.3. The Kier molecular flexibility index (Phi) is 7.72. The van der Waals surface area contributed by atoms with Crippen molar-refractivity contribution >= 4 is 12.2 Å². The summed E-state index contributed by atoms with van der Waals surface area (Å²) in [6.07, 6.45) is 5.67. The molecule has 4 nitrogen and oxygen atoms in total. The lowest BCUT2D eigenvalue weighted by Gasteiger charge is -2.31. The van der Waals surface area contributed by atoms with Gasteiger partial charge >= 0.3 is 6.09 Å². The molecule has 1 aliphatic rings. The van der Waals surface area contributed by atoms with Crippen LogP contribution in [-0.4, -0.2) is 36.7 Å². The molecule has 1 fully saturated rings. The summed E-state index contributed by atoms with van der Waals surface area (Å²) >= 11 is 0. The van der Waals surface area contributed by atoms with E-state index in [0.717, 1.165) is 43.6 Å². The monoisotopic (exact) mass is 426 g/mol. The number of piperidine rings is 1. The molecule has 1 heterocycles. The van der Waals surface area contributed by atoms with Crippen LogP contribution in [0.2, 0.25) is 0 Å². The molecule has 0 radical (unpaired) electrons. The van der Waals surface area contributed by atoms with Crippen molar-refractivity contribution in [2.75, 3.05) is 19.6 Å². The first-order chi connectivity index (χ1) is 15.8. The summed E-state index contributed by atoms with van der Waals surface area (Å²) in [6, 6.07) is 30.1. The number of ether oxygens (including phenoxy) is 1. The van der Waals surface area contributed by atoms with Crippen LogP contribution in [0.15, 0.2) is 97.1 Å². The van der Waals surface area contributed by atoms with Crippen molar-refractivity contribution in [2.45, 2.75) is 25.0 Å².